The molecule has 1 aliphatic heterocycles. The number of pyridine rings is 1. The fraction of sp³-hybridized carbons (Fsp3) is 0.524. The van der Waals surface area contributed by atoms with E-state index in [-0.39, 0.29) is 5.41 Å². The molecule has 3 aromatic rings. The monoisotopic (exact) mass is 409 g/mol. The second-order valence-electron chi connectivity index (χ2n) is 8.51. The second kappa shape index (κ2) is 7.16. The van der Waals surface area contributed by atoms with Gasteiger partial charge in [0.15, 0.2) is 16.8 Å². The van der Waals surface area contributed by atoms with E-state index in [2.05, 4.69) is 46.5 Å². The topological polar surface area (TPSA) is 73.5 Å². The van der Waals surface area contributed by atoms with Crippen LogP contribution in [0.5, 0.6) is 0 Å². The van der Waals surface area contributed by atoms with Crippen molar-refractivity contribution in [3.8, 4) is 22.9 Å². The van der Waals surface area contributed by atoms with Crippen molar-refractivity contribution in [3.63, 3.8) is 0 Å². The minimum Gasteiger partial charge on any atom is -0.370 e. The van der Waals surface area contributed by atoms with Gasteiger partial charge < -0.3 is 9.88 Å². The Morgan fingerprint density at radius 2 is 2.21 bits per heavy atom. The number of aromatic nitrogens is 6. The van der Waals surface area contributed by atoms with Gasteiger partial charge in [-0.25, -0.2) is 19.6 Å². The molecule has 0 bridgehead atoms. The van der Waals surface area contributed by atoms with Gasteiger partial charge in [0.05, 0.1) is 6.04 Å². The number of anilines is 1. The molecule has 1 aliphatic carbocycles. The van der Waals surface area contributed by atoms with Crippen LogP contribution in [0.4, 0.5) is 5.82 Å². The van der Waals surface area contributed by atoms with Crippen molar-refractivity contribution in [2.45, 2.75) is 57.8 Å². The molecule has 1 N–H and O–H groups in total. The van der Waals surface area contributed by atoms with E-state index in [0.29, 0.717) is 6.04 Å². The van der Waals surface area contributed by atoms with Crippen LogP contribution in [0, 0.1) is 5.41 Å². The molecule has 1 fully saturated rings. The van der Waals surface area contributed by atoms with Crippen molar-refractivity contribution in [2.24, 2.45) is 5.41 Å². The van der Waals surface area contributed by atoms with Crippen LogP contribution < -0.4 is 5.32 Å². The van der Waals surface area contributed by atoms with Gasteiger partial charge >= 0.3 is 0 Å². The first kappa shape index (κ1) is 18.7. The van der Waals surface area contributed by atoms with Crippen LogP contribution in [0.3, 0.4) is 0 Å². The number of hydrogen-bond donors (Lipinski definition) is 1. The van der Waals surface area contributed by atoms with Gasteiger partial charge in [0, 0.05) is 36.8 Å². The molecule has 0 spiro atoms. The third kappa shape index (κ3) is 3.33. The van der Waals surface area contributed by atoms with Gasteiger partial charge in [-0.1, -0.05) is 32.0 Å². The maximum Gasteiger partial charge on any atom is 0.182 e. The summed E-state index contributed by atoms with van der Waals surface area (Å²) in [6.07, 6.45) is 7.51. The quantitative estimate of drug-likeness (QED) is 0.669. The lowest BCUT2D eigenvalue weighted by atomic mass is 9.87. The Morgan fingerprint density at radius 3 is 2.97 bits per heavy atom. The van der Waals surface area contributed by atoms with E-state index >= 15 is 0 Å². The van der Waals surface area contributed by atoms with Crippen LogP contribution >= 0.6 is 11.8 Å². The highest BCUT2D eigenvalue weighted by Crippen LogP contribution is 2.47. The Morgan fingerprint density at radius 1 is 1.31 bits per heavy atom. The third-order valence-corrected chi connectivity index (χ3v) is 7.01. The highest BCUT2D eigenvalue weighted by Gasteiger charge is 2.38. The van der Waals surface area contributed by atoms with Crippen molar-refractivity contribution in [3.05, 3.63) is 24.5 Å². The normalized spacial score (nSPS) is 20.2. The molecule has 0 saturated heterocycles. The number of aryl methyl sites for hydroxylation is 1. The molecule has 4 heterocycles. The fourth-order valence-electron chi connectivity index (χ4n) is 4.46. The summed E-state index contributed by atoms with van der Waals surface area (Å²) in [5, 5.41) is 9.37. The second-order valence-corrected chi connectivity index (χ2v) is 9.57. The van der Waals surface area contributed by atoms with Crippen LogP contribution in [0.25, 0.3) is 22.9 Å². The molecular formula is C21H27N7S. The molecule has 0 aromatic carbocycles. The molecule has 1 unspecified atom stereocenters. The third-order valence-electron chi connectivity index (χ3n) is 6.04. The summed E-state index contributed by atoms with van der Waals surface area (Å²) in [6.45, 7) is 8.59. The molecule has 5 rings (SSSR count). The van der Waals surface area contributed by atoms with E-state index in [1.54, 1.807) is 0 Å². The standard InChI is InChI=1S/C21H27N7S/c1-4-22-17-12-14(7-9-23-17)18-25-19(15-13-27-10-11-29-20(27)24-15)28(26-18)16-6-5-8-21(16,2)3/h7,9,12-13,16H,4-6,8,10-11H2,1-3H3,(H,22,23). The summed E-state index contributed by atoms with van der Waals surface area (Å²) in [5.41, 5.74) is 2.10. The molecule has 0 amide bonds. The van der Waals surface area contributed by atoms with E-state index in [0.717, 1.165) is 59.1 Å². The Labute approximate surface area is 175 Å². The number of thioether (sulfide) groups is 1. The molecule has 0 radical (unpaired) electrons. The predicted molar refractivity (Wildman–Crippen MR) is 116 cm³/mol. The highest BCUT2D eigenvalue weighted by atomic mass is 32.2. The van der Waals surface area contributed by atoms with E-state index in [9.17, 15) is 0 Å². The first-order valence-corrected chi connectivity index (χ1v) is 11.4. The summed E-state index contributed by atoms with van der Waals surface area (Å²) in [4.78, 5) is 14.2. The largest absolute Gasteiger partial charge is 0.370 e. The van der Waals surface area contributed by atoms with Crippen LogP contribution in [-0.2, 0) is 6.54 Å². The lowest BCUT2D eigenvalue weighted by molar-refractivity contribution is 0.245. The maximum absolute atomic E-state index is 5.01. The van der Waals surface area contributed by atoms with Crippen LogP contribution in [0.2, 0.25) is 0 Å². The average Bonchev–Trinajstić information content (AvgIpc) is 3.43. The molecular weight excluding hydrogens is 382 g/mol. The summed E-state index contributed by atoms with van der Waals surface area (Å²) in [6, 6.07) is 4.33. The lowest BCUT2D eigenvalue weighted by Crippen LogP contribution is -2.23. The zero-order valence-corrected chi connectivity index (χ0v) is 18.0. The SMILES string of the molecule is CCNc1cc(-c2nc(-c3cn4c(n3)SCC4)n(C3CCCC3(C)C)n2)ccn1. The van der Waals surface area contributed by atoms with Gasteiger partial charge in [-0.3, -0.25) is 0 Å². The van der Waals surface area contributed by atoms with Crippen LogP contribution in [-0.4, -0.2) is 41.6 Å². The minimum atomic E-state index is 0.199. The molecule has 3 aromatic heterocycles. The molecule has 8 heteroatoms. The Balaban J connectivity index is 1.61. The van der Waals surface area contributed by atoms with Crippen molar-refractivity contribution in [1.82, 2.24) is 29.3 Å². The van der Waals surface area contributed by atoms with Crippen LogP contribution in [0.1, 0.15) is 46.1 Å². The number of fused-ring (bicyclic) bond motifs is 1. The van der Waals surface area contributed by atoms with Crippen molar-refractivity contribution in [1.29, 1.82) is 0 Å². The van der Waals surface area contributed by atoms with Gasteiger partial charge in [0.1, 0.15) is 11.5 Å². The van der Waals surface area contributed by atoms with Gasteiger partial charge in [-0.15, -0.1) is 0 Å². The number of nitrogens with one attached hydrogen (secondary N) is 1. The molecule has 1 saturated carbocycles. The Bertz CT molecular complexity index is 1010. The number of imidazole rings is 1. The molecule has 7 nitrogen and oxygen atoms in total. The number of nitrogens with zero attached hydrogens (tertiary/aromatic N) is 6. The smallest absolute Gasteiger partial charge is 0.182 e. The molecule has 1 atom stereocenters. The first-order valence-electron chi connectivity index (χ1n) is 10.4. The number of rotatable bonds is 5. The zero-order valence-electron chi connectivity index (χ0n) is 17.2. The summed E-state index contributed by atoms with van der Waals surface area (Å²) in [5.74, 6) is 3.57. The van der Waals surface area contributed by atoms with Crippen molar-refractivity contribution < 1.29 is 0 Å². The Hall–Kier alpha value is -2.35. The summed E-state index contributed by atoms with van der Waals surface area (Å²) >= 11 is 1.81. The molecule has 152 valence electrons. The Kier molecular flexibility index (Phi) is 4.61. The fourth-order valence-corrected chi connectivity index (χ4v) is 5.41. The molecule has 29 heavy (non-hydrogen) atoms. The van der Waals surface area contributed by atoms with Crippen molar-refractivity contribution in [2.75, 3.05) is 17.6 Å². The highest BCUT2D eigenvalue weighted by molar-refractivity contribution is 7.99. The zero-order chi connectivity index (χ0) is 20.0. The molecule has 2 aliphatic rings. The van der Waals surface area contributed by atoms with Gasteiger partial charge in [0.2, 0.25) is 0 Å². The van der Waals surface area contributed by atoms with Gasteiger partial charge in [0.25, 0.3) is 0 Å². The maximum atomic E-state index is 5.01. The predicted octanol–water partition coefficient (Wildman–Crippen LogP) is 4.49. The summed E-state index contributed by atoms with van der Waals surface area (Å²) < 4.78 is 4.38. The van der Waals surface area contributed by atoms with E-state index in [1.807, 2.05) is 30.1 Å². The first-order chi connectivity index (χ1) is 14.0. The van der Waals surface area contributed by atoms with Crippen molar-refractivity contribution >= 4 is 17.6 Å². The van der Waals surface area contributed by atoms with Gasteiger partial charge in [-0.2, -0.15) is 5.10 Å². The number of hydrogen-bond acceptors (Lipinski definition) is 6. The van der Waals surface area contributed by atoms with Crippen LogP contribution in [0.15, 0.2) is 29.7 Å². The van der Waals surface area contributed by atoms with E-state index < -0.39 is 0 Å². The van der Waals surface area contributed by atoms with E-state index in [1.165, 1.54) is 12.8 Å². The minimum absolute atomic E-state index is 0.199. The lowest BCUT2D eigenvalue weighted by Gasteiger charge is -2.27. The van der Waals surface area contributed by atoms with Gasteiger partial charge in [-0.05, 0) is 37.3 Å². The van der Waals surface area contributed by atoms with E-state index in [4.69, 9.17) is 15.1 Å². The average molecular weight is 410 g/mol. The summed E-state index contributed by atoms with van der Waals surface area (Å²) in [7, 11) is 0.